The molecule has 1 atom stereocenters. The highest BCUT2D eigenvalue weighted by atomic mass is 19.1. The topological polar surface area (TPSA) is 68.6 Å². The number of halogens is 1. The molecule has 0 spiro atoms. The Morgan fingerprint density at radius 1 is 1.18 bits per heavy atom. The first-order valence-electron chi connectivity index (χ1n) is 8.90. The first kappa shape index (κ1) is 21.3. The molecular formula is C21H25FN2O4. The van der Waals surface area contributed by atoms with Crippen LogP contribution in [0, 0.1) is 19.7 Å². The minimum absolute atomic E-state index is 0.178. The number of carbonyl (C=O) groups is 3. The van der Waals surface area contributed by atoms with E-state index < -0.39 is 12.0 Å². The van der Waals surface area contributed by atoms with E-state index >= 15 is 0 Å². The number of esters is 1. The molecule has 2 rings (SSSR count). The molecule has 2 aromatic rings. The lowest BCUT2D eigenvalue weighted by Crippen LogP contribution is -2.42. The van der Waals surface area contributed by atoms with E-state index in [-0.39, 0.29) is 24.1 Å². The number of nitrogens with zero attached hydrogens (tertiary/aromatic N) is 2. The molecule has 0 aliphatic heterocycles. The number of hydrogen-bond acceptors (Lipinski definition) is 4. The number of ketones is 1. The van der Waals surface area contributed by atoms with E-state index in [0.29, 0.717) is 28.1 Å². The quantitative estimate of drug-likeness (QED) is 0.563. The molecule has 0 aliphatic carbocycles. The van der Waals surface area contributed by atoms with Gasteiger partial charge in [-0.1, -0.05) is 12.1 Å². The van der Waals surface area contributed by atoms with E-state index in [1.807, 2.05) is 0 Å². The number of ether oxygens (including phenoxy) is 1. The van der Waals surface area contributed by atoms with Gasteiger partial charge in [0.25, 0.3) is 0 Å². The predicted molar refractivity (Wildman–Crippen MR) is 103 cm³/mol. The molecule has 0 N–H and O–H groups in total. The molecule has 7 heteroatoms. The van der Waals surface area contributed by atoms with Gasteiger partial charge in [0.15, 0.2) is 5.78 Å². The van der Waals surface area contributed by atoms with Gasteiger partial charge in [-0.3, -0.25) is 9.59 Å². The molecule has 6 nitrogen and oxygen atoms in total. The molecule has 1 aromatic carbocycles. The molecule has 1 aromatic heterocycles. The Morgan fingerprint density at radius 3 is 2.25 bits per heavy atom. The Kier molecular flexibility index (Phi) is 6.38. The van der Waals surface area contributed by atoms with Crippen molar-refractivity contribution in [3.05, 3.63) is 58.2 Å². The zero-order valence-corrected chi connectivity index (χ0v) is 17.0. The highest BCUT2D eigenvalue weighted by Crippen LogP contribution is 2.25. The summed E-state index contributed by atoms with van der Waals surface area (Å²) in [6.45, 7) is 6.65. The number of benzene rings is 1. The van der Waals surface area contributed by atoms with Gasteiger partial charge >= 0.3 is 5.97 Å². The Labute approximate surface area is 163 Å². The monoisotopic (exact) mass is 388 g/mol. The molecule has 0 radical (unpaired) electrons. The number of carbonyl (C=O) groups excluding carboxylic acids is 3. The van der Waals surface area contributed by atoms with Crippen LogP contribution in [0.15, 0.2) is 24.3 Å². The first-order valence-corrected chi connectivity index (χ1v) is 8.90. The average molecular weight is 388 g/mol. The van der Waals surface area contributed by atoms with E-state index in [9.17, 15) is 18.8 Å². The van der Waals surface area contributed by atoms with Crippen molar-refractivity contribution in [3.63, 3.8) is 0 Å². The summed E-state index contributed by atoms with van der Waals surface area (Å²) in [6, 6.07) is 5.03. The minimum atomic E-state index is -0.757. The van der Waals surface area contributed by atoms with Gasteiger partial charge in [-0.15, -0.1) is 0 Å². The van der Waals surface area contributed by atoms with E-state index in [1.54, 1.807) is 44.5 Å². The van der Waals surface area contributed by atoms with E-state index in [1.165, 1.54) is 31.1 Å². The van der Waals surface area contributed by atoms with Gasteiger partial charge < -0.3 is 14.2 Å². The van der Waals surface area contributed by atoms with Gasteiger partial charge in [0.05, 0.1) is 13.2 Å². The molecule has 0 aliphatic rings. The van der Waals surface area contributed by atoms with Crippen molar-refractivity contribution >= 4 is 17.7 Å². The summed E-state index contributed by atoms with van der Waals surface area (Å²) < 4.78 is 19.6. The lowest BCUT2D eigenvalue weighted by atomic mass is 9.99. The highest BCUT2D eigenvalue weighted by Gasteiger charge is 2.31. The molecule has 150 valence electrons. The summed E-state index contributed by atoms with van der Waals surface area (Å²) in [5.74, 6) is -1.43. The van der Waals surface area contributed by atoms with Crippen LogP contribution >= 0.6 is 0 Å². The van der Waals surface area contributed by atoms with Crippen LogP contribution in [0.4, 0.5) is 4.39 Å². The van der Waals surface area contributed by atoms with Crippen LogP contribution in [0.3, 0.4) is 0 Å². The Bertz CT molecular complexity index is 915. The Hall–Kier alpha value is -2.96. The Balaban J connectivity index is 2.39. The molecule has 1 heterocycles. The highest BCUT2D eigenvalue weighted by molar-refractivity contribution is 6.06. The molecule has 0 unspecified atom stereocenters. The fourth-order valence-electron chi connectivity index (χ4n) is 3.38. The lowest BCUT2D eigenvalue weighted by Gasteiger charge is -2.27. The minimum Gasteiger partial charge on any atom is -0.464 e. The summed E-state index contributed by atoms with van der Waals surface area (Å²) in [6.07, 6.45) is 0. The fraction of sp³-hybridized carbons (Fsp3) is 0.381. The summed E-state index contributed by atoms with van der Waals surface area (Å²) in [7, 11) is 2.98. The zero-order chi connectivity index (χ0) is 21.2. The van der Waals surface area contributed by atoms with Crippen LogP contribution in [0.1, 0.15) is 51.5 Å². The van der Waals surface area contributed by atoms with E-state index in [4.69, 9.17) is 4.74 Å². The number of methoxy groups -OCH3 is 1. The molecule has 28 heavy (non-hydrogen) atoms. The van der Waals surface area contributed by atoms with Crippen LogP contribution < -0.4 is 0 Å². The van der Waals surface area contributed by atoms with Crippen LogP contribution in [0.5, 0.6) is 0 Å². The largest absolute Gasteiger partial charge is 0.464 e. The molecule has 0 saturated heterocycles. The normalized spacial score (nSPS) is 11.8. The second-order valence-electron chi connectivity index (χ2n) is 6.80. The van der Waals surface area contributed by atoms with Crippen LogP contribution in [-0.4, -0.2) is 40.3 Å². The summed E-state index contributed by atoms with van der Waals surface area (Å²) in [5.41, 5.74) is 2.58. The van der Waals surface area contributed by atoms with Gasteiger partial charge in [0, 0.05) is 31.8 Å². The van der Waals surface area contributed by atoms with Crippen molar-refractivity contribution in [2.24, 2.45) is 7.05 Å². The summed E-state index contributed by atoms with van der Waals surface area (Å²) >= 11 is 0. The number of hydrogen-bond donors (Lipinski definition) is 0. The summed E-state index contributed by atoms with van der Waals surface area (Å²) in [4.78, 5) is 38.9. The molecular weight excluding hydrogens is 363 g/mol. The third kappa shape index (κ3) is 3.98. The number of rotatable bonds is 6. The SMILES string of the molecule is COC(=O)c1c(C)c(C(=O)[C@H](C)N(Cc2ccc(F)cc2)C(C)=O)c(C)n1C. The van der Waals surface area contributed by atoms with Crippen molar-refractivity contribution in [2.75, 3.05) is 7.11 Å². The maximum absolute atomic E-state index is 13.2. The van der Waals surface area contributed by atoms with Crippen LogP contribution in [0.2, 0.25) is 0 Å². The molecule has 0 saturated carbocycles. The first-order chi connectivity index (χ1) is 13.1. The van der Waals surface area contributed by atoms with Crippen molar-refractivity contribution in [1.29, 1.82) is 0 Å². The van der Waals surface area contributed by atoms with Gasteiger partial charge in [0.2, 0.25) is 5.91 Å². The number of aromatic nitrogens is 1. The second kappa shape index (κ2) is 8.37. The predicted octanol–water partition coefficient (Wildman–Crippen LogP) is 3.19. The third-order valence-electron chi connectivity index (χ3n) is 5.07. The van der Waals surface area contributed by atoms with Crippen molar-refractivity contribution in [1.82, 2.24) is 9.47 Å². The lowest BCUT2D eigenvalue weighted by molar-refractivity contribution is -0.130. The van der Waals surface area contributed by atoms with Crippen LogP contribution in [-0.2, 0) is 23.1 Å². The smallest absolute Gasteiger partial charge is 0.354 e. The maximum atomic E-state index is 13.2. The van der Waals surface area contributed by atoms with Gasteiger partial charge in [-0.05, 0) is 44.0 Å². The fourth-order valence-corrected chi connectivity index (χ4v) is 3.38. The summed E-state index contributed by atoms with van der Waals surface area (Å²) in [5, 5.41) is 0. The Morgan fingerprint density at radius 2 is 1.75 bits per heavy atom. The van der Waals surface area contributed by atoms with Gasteiger partial charge in [0.1, 0.15) is 11.5 Å². The van der Waals surface area contributed by atoms with Gasteiger partial charge in [-0.2, -0.15) is 0 Å². The number of Topliss-reactive ketones (excluding diaryl/α,β-unsaturated/α-hetero) is 1. The van der Waals surface area contributed by atoms with Crippen molar-refractivity contribution in [2.45, 2.75) is 40.3 Å². The van der Waals surface area contributed by atoms with Crippen molar-refractivity contribution < 1.29 is 23.5 Å². The van der Waals surface area contributed by atoms with E-state index in [0.717, 1.165) is 0 Å². The molecule has 0 fully saturated rings. The molecule has 1 amide bonds. The number of amides is 1. The van der Waals surface area contributed by atoms with Gasteiger partial charge in [-0.25, -0.2) is 9.18 Å². The van der Waals surface area contributed by atoms with E-state index in [2.05, 4.69) is 0 Å². The maximum Gasteiger partial charge on any atom is 0.354 e. The average Bonchev–Trinajstić information content (AvgIpc) is 2.88. The zero-order valence-electron chi connectivity index (χ0n) is 17.0. The third-order valence-corrected chi connectivity index (χ3v) is 5.07. The second-order valence-corrected chi connectivity index (χ2v) is 6.80. The van der Waals surface area contributed by atoms with Crippen molar-refractivity contribution in [3.8, 4) is 0 Å². The standard InChI is InChI=1S/C21H25FN2O4/c1-12-18(13(2)23(5)19(12)21(27)28-6)20(26)14(3)24(15(4)25)11-16-7-9-17(22)10-8-16/h7-10,14H,11H2,1-6H3/t14-/m0/s1. The molecule has 0 bridgehead atoms. The van der Waals surface area contributed by atoms with Crippen LogP contribution in [0.25, 0.3) is 0 Å².